The summed E-state index contributed by atoms with van der Waals surface area (Å²) in [6, 6.07) is 20.1. The average molecular weight is 410 g/mol. The normalized spacial score (nSPS) is 14.7. The quantitative estimate of drug-likeness (QED) is 0.512. The third-order valence-electron chi connectivity index (χ3n) is 4.21. The van der Waals surface area contributed by atoms with Crippen LogP contribution in [-0.4, -0.2) is 24.6 Å². The van der Waals surface area contributed by atoms with Crippen molar-refractivity contribution in [3.05, 3.63) is 83.4 Å². The maximum Gasteiger partial charge on any atom is 0.356 e. The molecule has 3 aromatic carbocycles. The number of halogens is 1. The van der Waals surface area contributed by atoms with Gasteiger partial charge in [0.25, 0.3) is 5.91 Å². The highest BCUT2D eigenvalue weighted by Gasteiger charge is 2.29. The highest BCUT2D eigenvalue weighted by atomic mass is 35.5. The van der Waals surface area contributed by atoms with Gasteiger partial charge in [-0.15, -0.1) is 0 Å². The number of carbonyl (C=O) groups is 2. The number of rotatable bonds is 4. The molecular formula is C22H16ClNO5. The van der Waals surface area contributed by atoms with Gasteiger partial charge in [-0.1, -0.05) is 23.7 Å². The van der Waals surface area contributed by atoms with Crippen LogP contribution in [0.15, 0.2) is 72.8 Å². The molecule has 0 saturated heterocycles. The van der Waals surface area contributed by atoms with Crippen LogP contribution in [0, 0.1) is 0 Å². The molecule has 1 N–H and O–H groups in total. The van der Waals surface area contributed by atoms with Crippen molar-refractivity contribution in [1.29, 1.82) is 0 Å². The molecule has 4 rings (SSSR count). The van der Waals surface area contributed by atoms with Crippen molar-refractivity contribution in [3.63, 3.8) is 0 Å². The fourth-order valence-electron chi connectivity index (χ4n) is 2.73. The summed E-state index contributed by atoms with van der Waals surface area (Å²) in [5, 5.41) is 3.35. The van der Waals surface area contributed by atoms with Crippen molar-refractivity contribution in [2.24, 2.45) is 0 Å². The Hall–Kier alpha value is -3.51. The molecule has 1 unspecified atom stereocenters. The van der Waals surface area contributed by atoms with Gasteiger partial charge in [0.05, 0.1) is 0 Å². The number of benzene rings is 3. The fourth-order valence-corrected chi connectivity index (χ4v) is 2.85. The first kappa shape index (κ1) is 18.8. The van der Waals surface area contributed by atoms with Crippen LogP contribution in [0.25, 0.3) is 0 Å². The summed E-state index contributed by atoms with van der Waals surface area (Å²) >= 11 is 5.83. The van der Waals surface area contributed by atoms with Gasteiger partial charge in [-0.25, -0.2) is 4.79 Å². The van der Waals surface area contributed by atoms with E-state index in [4.69, 9.17) is 25.8 Å². The largest absolute Gasteiger partial charge is 0.485 e. The number of para-hydroxylation sites is 2. The van der Waals surface area contributed by atoms with Gasteiger partial charge in [0.2, 0.25) is 6.10 Å². The number of carbonyl (C=O) groups excluding carboxylic acids is 2. The van der Waals surface area contributed by atoms with Crippen LogP contribution in [0.5, 0.6) is 17.2 Å². The lowest BCUT2D eigenvalue weighted by atomic mass is 10.2. The minimum Gasteiger partial charge on any atom is -0.485 e. The Balaban J connectivity index is 1.36. The van der Waals surface area contributed by atoms with E-state index >= 15 is 0 Å². The Morgan fingerprint density at radius 1 is 0.931 bits per heavy atom. The van der Waals surface area contributed by atoms with Crippen molar-refractivity contribution in [3.8, 4) is 17.2 Å². The van der Waals surface area contributed by atoms with Crippen molar-refractivity contribution in [2.75, 3.05) is 11.9 Å². The molecule has 0 saturated carbocycles. The molecule has 1 atom stereocenters. The third kappa shape index (κ3) is 4.50. The van der Waals surface area contributed by atoms with Crippen LogP contribution in [0.2, 0.25) is 5.02 Å². The summed E-state index contributed by atoms with van der Waals surface area (Å²) in [7, 11) is 0. The Morgan fingerprint density at radius 3 is 2.34 bits per heavy atom. The van der Waals surface area contributed by atoms with E-state index in [0.29, 0.717) is 33.5 Å². The Morgan fingerprint density at radius 2 is 1.62 bits per heavy atom. The van der Waals surface area contributed by atoms with Gasteiger partial charge < -0.3 is 19.5 Å². The van der Waals surface area contributed by atoms with Crippen LogP contribution >= 0.6 is 11.6 Å². The van der Waals surface area contributed by atoms with Crippen molar-refractivity contribution in [1.82, 2.24) is 0 Å². The van der Waals surface area contributed by atoms with Gasteiger partial charge >= 0.3 is 5.97 Å². The average Bonchev–Trinajstić information content (AvgIpc) is 2.75. The molecule has 0 bridgehead atoms. The summed E-state index contributed by atoms with van der Waals surface area (Å²) in [5.74, 6) is 0.534. The standard InChI is InChI=1S/C22H16ClNO5/c23-15-7-9-16(10-8-15)24-21(25)14-5-11-17(12-6-14)28-22(26)20-13-27-18-3-1-2-4-19(18)29-20/h1-12,20H,13H2,(H,24,25). The highest BCUT2D eigenvalue weighted by molar-refractivity contribution is 6.30. The molecule has 1 heterocycles. The number of anilines is 1. The molecular weight excluding hydrogens is 394 g/mol. The second-order valence-electron chi connectivity index (χ2n) is 6.27. The molecule has 0 spiro atoms. The third-order valence-corrected chi connectivity index (χ3v) is 4.46. The Bertz CT molecular complexity index is 1030. The number of hydrogen-bond acceptors (Lipinski definition) is 5. The molecule has 6 nitrogen and oxygen atoms in total. The van der Waals surface area contributed by atoms with Gasteiger partial charge in [0, 0.05) is 16.3 Å². The Labute approximate surface area is 172 Å². The molecule has 1 aliphatic rings. The molecule has 0 aromatic heterocycles. The van der Waals surface area contributed by atoms with Crippen molar-refractivity contribution < 1.29 is 23.8 Å². The molecule has 146 valence electrons. The second kappa shape index (κ2) is 8.24. The van der Waals surface area contributed by atoms with Crippen LogP contribution in [0.1, 0.15) is 10.4 Å². The fraction of sp³-hybridized carbons (Fsp3) is 0.0909. The van der Waals surface area contributed by atoms with E-state index in [-0.39, 0.29) is 12.5 Å². The summed E-state index contributed by atoms with van der Waals surface area (Å²) in [6.07, 6.45) is -0.863. The first-order chi connectivity index (χ1) is 14.1. The van der Waals surface area contributed by atoms with Crippen LogP contribution in [0.3, 0.4) is 0 Å². The van der Waals surface area contributed by atoms with E-state index in [2.05, 4.69) is 5.32 Å². The number of amides is 1. The predicted octanol–water partition coefficient (Wildman–Crippen LogP) is 4.34. The lowest BCUT2D eigenvalue weighted by Gasteiger charge is -2.24. The SMILES string of the molecule is O=C(Nc1ccc(Cl)cc1)c1ccc(OC(=O)C2COc3ccccc3O2)cc1. The van der Waals surface area contributed by atoms with E-state index in [1.807, 2.05) is 6.07 Å². The maximum atomic E-state index is 12.3. The van der Waals surface area contributed by atoms with Crippen LogP contribution in [0.4, 0.5) is 5.69 Å². The minimum absolute atomic E-state index is 0.0669. The van der Waals surface area contributed by atoms with Crippen molar-refractivity contribution in [2.45, 2.75) is 6.10 Å². The predicted molar refractivity (Wildman–Crippen MR) is 108 cm³/mol. The molecule has 0 radical (unpaired) electrons. The summed E-state index contributed by atoms with van der Waals surface area (Å²) in [6.45, 7) is 0.0669. The lowest BCUT2D eigenvalue weighted by molar-refractivity contribution is -0.144. The van der Waals surface area contributed by atoms with E-state index in [9.17, 15) is 9.59 Å². The number of hydrogen-bond donors (Lipinski definition) is 1. The van der Waals surface area contributed by atoms with Crippen molar-refractivity contribution >= 4 is 29.2 Å². The maximum absolute atomic E-state index is 12.3. The number of esters is 1. The molecule has 1 aliphatic heterocycles. The lowest BCUT2D eigenvalue weighted by Crippen LogP contribution is -2.39. The number of fused-ring (bicyclic) bond motifs is 1. The monoisotopic (exact) mass is 409 g/mol. The van der Waals surface area contributed by atoms with E-state index in [1.54, 1.807) is 66.7 Å². The zero-order valence-corrected chi connectivity index (χ0v) is 15.9. The first-order valence-corrected chi connectivity index (χ1v) is 9.23. The summed E-state index contributed by atoms with van der Waals surface area (Å²) in [4.78, 5) is 24.7. The van der Waals surface area contributed by atoms with Gasteiger partial charge in [-0.05, 0) is 60.7 Å². The molecule has 0 fully saturated rings. The summed E-state index contributed by atoms with van der Waals surface area (Å²) < 4.78 is 16.5. The smallest absolute Gasteiger partial charge is 0.356 e. The molecule has 1 amide bonds. The molecule has 3 aromatic rings. The molecule has 0 aliphatic carbocycles. The highest BCUT2D eigenvalue weighted by Crippen LogP contribution is 2.31. The van der Waals surface area contributed by atoms with E-state index < -0.39 is 12.1 Å². The van der Waals surface area contributed by atoms with E-state index in [1.165, 1.54) is 0 Å². The van der Waals surface area contributed by atoms with Crippen LogP contribution < -0.4 is 19.5 Å². The van der Waals surface area contributed by atoms with Gasteiger partial charge in [-0.3, -0.25) is 4.79 Å². The zero-order chi connectivity index (χ0) is 20.2. The first-order valence-electron chi connectivity index (χ1n) is 8.86. The Kier molecular flexibility index (Phi) is 5.35. The van der Waals surface area contributed by atoms with Gasteiger partial charge in [-0.2, -0.15) is 0 Å². The second-order valence-corrected chi connectivity index (χ2v) is 6.71. The van der Waals surface area contributed by atoms with Crippen LogP contribution in [-0.2, 0) is 4.79 Å². The van der Waals surface area contributed by atoms with Gasteiger partial charge in [0.15, 0.2) is 11.5 Å². The zero-order valence-electron chi connectivity index (χ0n) is 15.1. The summed E-state index contributed by atoms with van der Waals surface area (Å²) in [5.41, 5.74) is 1.05. The molecule has 7 heteroatoms. The van der Waals surface area contributed by atoms with E-state index in [0.717, 1.165) is 0 Å². The topological polar surface area (TPSA) is 73.9 Å². The molecule has 29 heavy (non-hydrogen) atoms. The minimum atomic E-state index is -0.863. The number of nitrogens with one attached hydrogen (secondary N) is 1. The van der Waals surface area contributed by atoms with Gasteiger partial charge in [0.1, 0.15) is 12.4 Å². The number of ether oxygens (including phenoxy) is 3.